The molecule has 0 bridgehead atoms. The van der Waals surface area contributed by atoms with E-state index in [1.54, 1.807) is 6.20 Å². The number of halogens is 1. The molecule has 16 heavy (non-hydrogen) atoms. The van der Waals surface area contributed by atoms with Crippen LogP contribution in [0.2, 0.25) is 5.15 Å². The second-order valence-corrected chi connectivity index (χ2v) is 4.16. The van der Waals surface area contributed by atoms with E-state index in [0.29, 0.717) is 23.6 Å². The lowest BCUT2D eigenvalue weighted by molar-refractivity contribution is -0.136. The fraction of sp³-hybridized carbons (Fsp3) is 0.500. The van der Waals surface area contributed by atoms with Crippen molar-refractivity contribution in [3.05, 3.63) is 17.5 Å². The fourth-order valence-electron chi connectivity index (χ4n) is 1.56. The third-order valence-electron chi connectivity index (χ3n) is 2.44. The standard InChI is InChI=1S/C10H12ClN3O2/c11-8-5-12-6-9(13-8)14(7-1-2-7)4-3-10(15)16/h5-7H,1-4H2,(H,15,16). The van der Waals surface area contributed by atoms with E-state index in [4.69, 9.17) is 16.7 Å². The lowest BCUT2D eigenvalue weighted by Crippen LogP contribution is -2.29. The molecule has 0 radical (unpaired) electrons. The van der Waals surface area contributed by atoms with E-state index in [1.807, 2.05) is 4.90 Å². The molecule has 0 aliphatic heterocycles. The summed E-state index contributed by atoms with van der Waals surface area (Å²) in [5.41, 5.74) is 0. The number of aromatic nitrogens is 2. The van der Waals surface area contributed by atoms with Gasteiger partial charge in [0.1, 0.15) is 11.0 Å². The first-order valence-electron chi connectivity index (χ1n) is 5.13. The first kappa shape index (κ1) is 11.1. The van der Waals surface area contributed by atoms with E-state index in [1.165, 1.54) is 6.20 Å². The van der Waals surface area contributed by atoms with Crippen LogP contribution in [0.4, 0.5) is 5.82 Å². The zero-order valence-corrected chi connectivity index (χ0v) is 9.39. The van der Waals surface area contributed by atoms with Crippen LogP contribution in [0.15, 0.2) is 12.4 Å². The van der Waals surface area contributed by atoms with Crippen molar-refractivity contribution in [2.75, 3.05) is 11.4 Å². The van der Waals surface area contributed by atoms with Crippen LogP contribution in [0.5, 0.6) is 0 Å². The highest BCUT2D eigenvalue weighted by atomic mass is 35.5. The summed E-state index contributed by atoms with van der Waals surface area (Å²) in [5.74, 6) is -0.142. The average Bonchev–Trinajstić information content (AvgIpc) is 3.02. The maximum Gasteiger partial charge on any atom is 0.305 e. The number of aliphatic carboxylic acids is 1. The molecule has 1 aliphatic rings. The lowest BCUT2D eigenvalue weighted by atomic mass is 10.3. The van der Waals surface area contributed by atoms with E-state index in [0.717, 1.165) is 12.8 Å². The van der Waals surface area contributed by atoms with Crippen molar-refractivity contribution in [2.24, 2.45) is 0 Å². The summed E-state index contributed by atoms with van der Waals surface area (Å²) in [6, 6.07) is 0.395. The van der Waals surface area contributed by atoms with Crippen LogP contribution in [0.25, 0.3) is 0 Å². The fourth-order valence-corrected chi connectivity index (χ4v) is 1.70. The Bertz CT molecular complexity index is 395. The molecule has 0 unspecified atom stereocenters. The van der Waals surface area contributed by atoms with Crippen molar-refractivity contribution in [3.8, 4) is 0 Å². The number of carboxylic acid groups (broad SMARTS) is 1. The molecule has 0 saturated heterocycles. The van der Waals surface area contributed by atoms with Crippen LogP contribution < -0.4 is 4.90 Å². The molecular formula is C10H12ClN3O2. The van der Waals surface area contributed by atoms with Crippen molar-refractivity contribution in [1.29, 1.82) is 0 Å². The molecule has 1 fully saturated rings. The third kappa shape index (κ3) is 2.82. The van der Waals surface area contributed by atoms with Crippen LogP contribution in [0.1, 0.15) is 19.3 Å². The molecule has 5 nitrogen and oxygen atoms in total. The Morgan fingerprint density at radius 3 is 2.88 bits per heavy atom. The van der Waals surface area contributed by atoms with Crippen molar-refractivity contribution in [1.82, 2.24) is 9.97 Å². The minimum Gasteiger partial charge on any atom is -0.481 e. The van der Waals surface area contributed by atoms with Gasteiger partial charge in [0.05, 0.1) is 18.8 Å². The van der Waals surface area contributed by atoms with Gasteiger partial charge >= 0.3 is 5.97 Å². The lowest BCUT2D eigenvalue weighted by Gasteiger charge is -2.22. The summed E-state index contributed by atoms with van der Waals surface area (Å²) < 4.78 is 0. The number of carboxylic acids is 1. The molecule has 1 aromatic heterocycles. The number of carbonyl (C=O) groups is 1. The SMILES string of the molecule is O=C(O)CCN(c1cncc(Cl)n1)C1CC1. The van der Waals surface area contributed by atoms with Gasteiger partial charge in [-0.25, -0.2) is 4.98 Å². The summed E-state index contributed by atoms with van der Waals surface area (Å²) in [4.78, 5) is 20.6. The van der Waals surface area contributed by atoms with Crippen LogP contribution in [-0.2, 0) is 4.79 Å². The van der Waals surface area contributed by atoms with Gasteiger partial charge in [-0.3, -0.25) is 9.78 Å². The normalized spacial score (nSPS) is 14.8. The van der Waals surface area contributed by atoms with Gasteiger partial charge in [-0.2, -0.15) is 0 Å². The average molecular weight is 242 g/mol. The van der Waals surface area contributed by atoms with Gasteiger partial charge in [0, 0.05) is 12.6 Å². The van der Waals surface area contributed by atoms with Gasteiger partial charge in [-0.15, -0.1) is 0 Å². The van der Waals surface area contributed by atoms with Crippen LogP contribution >= 0.6 is 11.6 Å². The topological polar surface area (TPSA) is 66.3 Å². The number of hydrogen-bond donors (Lipinski definition) is 1. The third-order valence-corrected chi connectivity index (χ3v) is 2.62. The van der Waals surface area contributed by atoms with Gasteiger partial charge in [-0.1, -0.05) is 11.6 Å². The molecular weight excluding hydrogens is 230 g/mol. The number of anilines is 1. The second-order valence-electron chi connectivity index (χ2n) is 3.77. The molecule has 0 aromatic carbocycles. The van der Waals surface area contributed by atoms with Gasteiger partial charge in [0.25, 0.3) is 0 Å². The van der Waals surface area contributed by atoms with Crippen molar-refractivity contribution >= 4 is 23.4 Å². The van der Waals surface area contributed by atoms with E-state index >= 15 is 0 Å². The summed E-state index contributed by atoms with van der Waals surface area (Å²) in [6.07, 6.45) is 5.34. The molecule has 2 rings (SSSR count). The number of rotatable bonds is 5. The highest BCUT2D eigenvalue weighted by Crippen LogP contribution is 2.30. The van der Waals surface area contributed by atoms with Gasteiger partial charge in [0.2, 0.25) is 0 Å². The molecule has 1 aliphatic carbocycles. The predicted molar refractivity (Wildman–Crippen MR) is 59.7 cm³/mol. The maximum absolute atomic E-state index is 10.6. The first-order valence-corrected chi connectivity index (χ1v) is 5.50. The van der Waals surface area contributed by atoms with Gasteiger partial charge < -0.3 is 10.0 Å². The predicted octanol–water partition coefficient (Wildman–Crippen LogP) is 1.57. The van der Waals surface area contributed by atoms with E-state index in [9.17, 15) is 4.79 Å². The molecule has 1 saturated carbocycles. The number of nitrogens with zero attached hydrogens (tertiary/aromatic N) is 3. The molecule has 6 heteroatoms. The summed E-state index contributed by atoms with van der Waals surface area (Å²) in [6.45, 7) is 0.453. The Kier molecular flexibility index (Phi) is 3.24. The Hall–Kier alpha value is -1.36. The molecule has 0 amide bonds. The largest absolute Gasteiger partial charge is 0.481 e. The minimum absolute atomic E-state index is 0.102. The zero-order chi connectivity index (χ0) is 11.5. The maximum atomic E-state index is 10.6. The van der Waals surface area contributed by atoms with E-state index in [2.05, 4.69) is 9.97 Å². The van der Waals surface area contributed by atoms with Crippen molar-refractivity contribution < 1.29 is 9.90 Å². The van der Waals surface area contributed by atoms with E-state index in [-0.39, 0.29) is 6.42 Å². The van der Waals surface area contributed by atoms with E-state index < -0.39 is 5.97 Å². The molecule has 1 aromatic rings. The highest BCUT2D eigenvalue weighted by Gasteiger charge is 2.30. The quantitative estimate of drug-likeness (QED) is 0.848. The zero-order valence-electron chi connectivity index (χ0n) is 8.64. The Morgan fingerprint density at radius 2 is 2.31 bits per heavy atom. The van der Waals surface area contributed by atoms with Gasteiger partial charge in [0.15, 0.2) is 0 Å². The van der Waals surface area contributed by atoms with Crippen LogP contribution in [-0.4, -0.2) is 33.6 Å². The monoisotopic (exact) mass is 241 g/mol. The molecule has 1 N–H and O–H groups in total. The van der Waals surface area contributed by atoms with Gasteiger partial charge in [-0.05, 0) is 12.8 Å². The molecule has 0 atom stereocenters. The van der Waals surface area contributed by atoms with Crippen molar-refractivity contribution in [3.63, 3.8) is 0 Å². The second kappa shape index (κ2) is 4.65. The minimum atomic E-state index is -0.805. The summed E-state index contributed by atoms with van der Waals surface area (Å²) >= 11 is 5.76. The van der Waals surface area contributed by atoms with Crippen LogP contribution in [0.3, 0.4) is 0 Å². The van der Waals surface area contributed by atoms with Crippen LogP contribution in [0, 0.1) is 0 Å². The summed E-state index contributed by atoms with van der Waals surface area (Å²) in [7, 11) is 0. The molecule has 1 heterocycles. The Morgan fingerprint density at radius 1 is 1.56 bits per heavy atom. The summed E-state index contributed by atoms with van der Waals surface area (Å²) in [5, 5.41) is 9.01. The number of hydrogen-bond acceptors (Lipinski definition) is 4. The highest BCUT2D eigenvalue weighted by molar-refractivity contribution is 6.29. The molecule has 86 valence electrons. The smallest absolute Gasteiger partial charge is 0.305 e. The first-order chi connectivity index (χ1) is 7.66. The van der Waals surface area contributed by atoms with Crippen molar-refractivity contribution in [2.45, 2.75) is 25.3 Å². The Labute approximate surface area is 98.1 Å². The molecule has 0 spiro atoms. The Balaban J connectivity index is 2.09.